The van der Waals surface area contributed by atoms with E-state index in [-0.39, 0.29) is 17.1 Å². The second-order valence-electron chi connectivity index (χ2n) is 6.60. The average molecular weight is 305 g/mol. The summed E-state index contributed by atoms with van der Waals surface area (Å²) in [7, 11) is 0. The predicted molar refractivity (Wildman–Crippen MR) is 82.0 cm³/mol. The molecule has 0 aliphatic heterocycles. The fourth-order valence-corrected chi connectivity index (χ4v) is 4.38. The number of carbonyl (C=O) groups excluding carboxylic acids is 1. The lowest BCUT2D eigenvalue weighted by Gasteiger charge is -2.31. The van der Waals surface area contributed by atoms with Crippen LogP contribution in [0.3, 0.4) is 0 Å². The van der Waals surface area contributed by atoms with E-state index in [0.29, 0.717) is 5.92 Å². The third kappa shape index (κ3) is 4.11. The first-order valence-electron chi connectivity index (χ1n) is 7.91. The summed E-state index contributed by atoms with van der Waals surface area (Å²) in [5.74, 6) is 1.61. The van der Waals surface area contributed by atoms with Crippen LogP contribution in [-0.4, -0.2) is 16.5 Å². The van der Waals surface area contributed by atoms with Crippen LogP contribution in [0.2, 0.25) is 0 Å². The van der Waals surface area contributed by atoms with Crippen molar-refractivity contribution in [1.82, 2.24) is 0 Å². The largest absolute Gasteiger partial charge is 0.298 e. The second-order valence-corrected chi connectivity index (χ2v) is 7.58. The summed E-state index contributed by atoms with van der Waals surface area (Å²) in [6.45, 7) is 2.27. The molecule has 2 saturated carbocycles. The van der Waals surface area contributed by atoms with Crippen LogP contribution in [0.1, 0.15) is 64.7 Å². The van der Waals surface area contributed by atoms with Crippen LogP contribution in [0.5, 0.6) is 0 Å². The fraction of sp³-hybridized carbons (Fsp3) is 0.938. The van der Waals surface area contributed by atoms with Gasteiger partial charge in [0.15, 0.2) is 5.78 Å². The molecule has 2 unspecified atom stereocenters. The van der Waals surface area contributed by atoms with Gasteiger partial charge in [0, 0.05) is 5.92 Å². The Morgan fingerprint density at radius 3 is 2.11 bits per heavy atom. The smallest absolute Gasteiger partial charge is 0.155 e. The van der Waals surface area contributed by atoms with Gasteiger partial charge in [0.25, 0.3) is 0 Å². The van der Waals surface area contributed by atoms with E-state index in [1.54, 1.807) is 0 Å². The van der Waals surface area contributed by atoms with E-state index in [2.05, 4.69) is 6.92 Å². The first kappa shape index (κ1) is 15.6. The molecule has 2 rings (SSSR count). The maximum Gasteiger partial charge on any atom is 0.155 e. The van der Waals surface area contributed by atoms with Gasteiger partial charge in [-0.05, 0) is 37.5 Å². The Labute approximate surface area is 127 Å². The van der Waals surface area contributed by atoms with E-state index in [1.807, 2.05) is 0 Å². The molecule has 0 amide bonds. The molecule has 2 aliphatic carbocycles. The Bertz CT molecular complexity index is 291. The first-order valence-corrected chi connectivity index (χ1v) is 8.78. The Balaban J connectivity index is 1.86. The molecule has 0 aromatic carbocycles. The average Bonchev–Trinajstić information content (AvgIpc) is 2.46. The summed E-state index contributed by atoms with van der Waals surface area (Å²) in [6, 6.07) is 0. The minimum Gasteiger partial charge on any atom is -0.298 e. The zero-order chi connectivity index (χ0) is 13.8. The van der Waals surface area contributed by atoms with E-state index in [4.69, 9.17) is 23.2 Å². The van der Waals surface area contributed by atoms with Crippen molar-refractivity contribution < 1.29 is 4.79 Å². The minimum atomic E-state index is -0.469. The molecule has 3 heteroatoms. The molecule has 2 aliphatic rings. The molecule has 0 N–H and O–H groups in total. The topological polar surface area (TPSA) is 17.1 Å². The number of hydrogen-bond donors (Lipinski definition) is 0. The van der Waals surface area contributed by atoms with Crippen molar-refractivity contribution in [2.45, 2.75) is 75.5 Å². The zero-order valence-electron chi connectivity index (χ0n) is 11.9. The van der Waals surface area contributed by atoms with Crippen molar-refractivity contribution in [3.05, 3.63) is 0 Å². The molecule has 0 spiro atoms. The van der Waals surface area contributed by atoms with E-state index in [1.165, 1.54) is 19.3 Å². The molecule has 0 aromatic rings. The number of hydrogen-bond acceptors (Lipinski definition) is 1. The predicted octanol–water partition coefficient (Wildman–Crippen LogP) is 5.18. The number of halogens is 2. The van der Waals surface area contributed by atoms with Crippen LogP contribution >= 0.6 is 23.2 Å². The molecule has 2 fully saturated rings. The Hall–Kier alpha value is 0.250. The van der Waals surface area contributed by atoms with Crippen molar-refractivity contribution in [1.29, 1.82) is 0 Å². The van der Waals surface area contributed by atoms with Crippen LogP contribution in [0.25, 0.3) is 0 Å². The second kappa shape index (κ2) is 7.31. The zero-order valence-corrected chi connectivity index (χ0v) is 13.4. The molecule has 2 atom stereocenters. The Morgan fingerprint density at radius 2 is 1.53 bits per heavy atom. The van der Waals surface area contributed by atoms with E-state index >= 15 is 0 Å². The van der Waals surface area contributed by atoms with Gasteiger partial charge in [0.05, 0.1) is 5.38 Å². The molecule has 0 saturated heterocycles. The molecule has 19 heavy (non-hydrogen) atoms. The third-order valence-corrected chi connectivity index (χ3v) is 6.29. The quantitative estimate of drug-likeness (QED) is 0.654. The summed E-state index contributed by atoms with van der Waals surface area (Å²) < 4.78 is 0. The maximum atomic E-state index is 12.5. The van der Waals surface area contributed by atoms with Crippen molar-refractivity contribution in [3.63, 3.8) is 0 Å². The first-order chi connectivity index (χ1) is 9.09. The summed E-state index contributed by atoms with van der Waals surface area (Å²) in [5.41, 5.74) is 0. The molecule has 0 radical (unpaired) electrons. The van der Waals surface area contributed by atoms with Crippen molar-refractivity contribution in [3.8, 4) is 0 Å². The number of alkyl halides is 2. The highest BCUT2D eigenvalue weighted by molar-refractivity contribution is 6.38. The Morgan fingerprint density at radius 1 is 0.947 bits per heavy atom. The van der Waals surface area contributed by atoms with Gasteiger partial charge in [-0.3, -0.25) is 4.79 Å². The van der Waals surface area contributed by atoms with Gasteiger partial charge in [-0.15, -0.1) is 23.2 Å². The van der Waals surface area contributed by atoms with Gasteiger partial charge in [0.2, 0.25) is 0 Å². The SMILES string of the molecule is CC1CCC(C(=O)C(Cl)C(Cl)C2CCCCC2)CC1. The third-order valence-electron chi connectivity index (χ3n) is 5.07. The molecule has 0 heterocycles. The molecule has 0 bridgehead atoms. The lowest BCUT2D eigenvalue weighted by molar-refractivity contribution is -0.123. The number of ketones is 1. The lowest BCUT2D eigenvalue weighted by atomic mass is 9.78. The van der Waals surface area contributed by atoms with Crippen LogP contribution in [-0.2, 0) is 4.79 Å². The van der Waals surface area contributed by atoms with Gasteiger partial charge < -0.3 is 0 Å². The van der Waals surface area contributed by atoms with Gasteiger partial charge in [0.1, 0.15) is 5.38 Å². The van der Waals surface area contributed by atoms with Gasteiger partial charge in [-0.25, -0.2) is 0 Å². The highest BCUT2D eigenvalue weighted by Crippen LogP contribution is 2.36. The number of Topliss-reactive ketones (excluding diaryl/α,β-unsaturated/α-hetero) is 1. The van der Waals surface area contributed by atoms with Crippen LogP contribution < -0.4 is 0 Å². The lowest BCUT2D eigenvalue weighted by Crippen LogP contribution is -2.37. The molecular formula is C16H26Cl2O. The molecule has 1 nitrogen and oxygen atoms in total. The molecule has 110 valence electrons. The number of carbonyl (C=O) groups is 1. The van der Waals surface area contributed by atoms with Crippen LogP contribution in [0.15, 0.2) is 0 Å². The summed E-state index contributed by atoms with van der Waals surface area (Å²) >= 11 is 12.9. The monoisotopic (exact) mass is 304 g/mol. The van der Waals surface area contributed by atoms with E-state index in [0.717, 1.165) is 44.4 Å². The summed E-state index contributed by atoms with van der Waals surface area (Å²) in [6.07, 6.45) is 10.4. The van der Waals surface area contributed by atoms with Crippen LogP contribution in [0.4, 0.5) is 0 Å². The van der Waals surface area contributed by atoms with Crippen LogP contribution in [0, 0.1) is 17.8 Å². The minimum absolute atomic E-state index is 0.159. The van der Waals surface area contributed by atoms with E-state index < -0.39 is 5.38 Å². The van der Waals surface area contributed by atoms with Gasteiger partial charge >= 0.3 is 0 Å². The summed E-state index contributed by atoms with van der Waals surface area (Å²) in [5, 5.41) is -0.628. The highest BCUT2D eigenvalue weighted by Gasteiger charge is 2.36. The normalized spacial score (nSPS) is 32.8. The summed E-state index contributed by atoms with van der Waals surface area (Å²) in [4.78, 5) is 12.5. The number of rotatable bonds is 4. The Kier molecular flexibility index (Phi) is 6.02. The van der Waals surface area contributed by atoms with Crippen molar-refractivity contribution >= 4 is 29.0 Å². The molecular weight excluding hydrogens is 279 g/mol. The van der Waals surface area contributed by atoms with Gasteiger partial charge in [-0.2, -0.15) is 0 Å². The standard InChI is InChI=1S/C16H26Cl2O/c1-11-7-9-13(10-8-11)16(19)15(18)14(17)12-5-3-2-4-6-12/h11-15H,2-10H2,1H3. The van der Waals surface area contributed by atoms with Gasteiger partial charge in [-0.1, -0.05) is 39.0 Å². The maximum absolute atomic E-state index is 12.5. The fourth-order valence-electron chi connectivity index (χ4n) is 3.62. The van der Waals surface area contributed by atoms with Crippen molar-refractivity contribution in [2.24, 2.45) is 17.8 Å². The van der Waals surface area contributed by atoms with Crippen molar-refractivity contribution in [2.75, 3.05) is 0 Å². The highest BCUT2D eigenvalue weighted by atomic mass is 35.5. The van der Waals surface area contributed by atoms with E-state index in [9.17, 15) is 4.79 Å². The molecule has 0 aromatic heterocycles.